The van der Waals surface area contributed by atoms with E-state index in [9.17, 15) is 0 Å². The fourth-order valence-corrected chi connectivity index (χ4v) is 3.19. The number of hydrogen-bond acceptors (Lipinski definition) is 2. The van der Waals surface area contributed by atoms with Crippen LogP contribution in [-0.4, -0.2) is 6.54 Å². The molecule has 2 aromatic carbocycles. The number of aryl methyl sites for hydroxylation is 3. The summed E-state index contributed by atoms with van der Waals surface area (Å²) >= 11 is 1.86. The summed E-state index contributed by atoms with van der Waals surface area (Å²) in [5, 5.41) is 3.37. The standard InChI is InChI=1S/C18H23NS/c1-5-19-12-16-7-9-18(15(4)11-16)20-17-8-6-13(2)10-14(17)3/h6-11,19H,5,12H2,1-4H3. The molecule has 1 N–H and O–H groups in total. The normalized spacial score (nSPS) is 10.8. The molecule has 0 heterocycles. The van der Waals surface area contributed by atoms with Gasteiger partial charge in [-0.15, -0.1) is 0 Å². The highest BCUT2D eigenvalue weighted by Gasteiger charge is 2.05. The lowest BCUT2D eigenvalue weighted by Crippen LogP contribution is -2.11. The number of rotatable bonds is 5. The zero-order valence-corrected chi connectivity index (χ0v) is 13.6. The second-order valence-corrected chi connectivity index (χ2v) is 6.33. The van der Waals surface area contributed by atoms with Gasteiger partial charge in [-0.25, -0.2) is 0 Å². The van der Waals surface area contributed by atoms with E-state index in [0.29, 0.717) is 0 Å². The van der Waals surface area contributed by atoms with Crippen molar-refractivity contribution in [3.05, 3.63) is 58.7 Å². The fraction of sp³-hybridized carbons (Fsp3) is 0.333. The molecule has 106 valence electrons. The van der Waals surface area contributed by atoms with E-state index in [2.05, 4.69) is 69.4 Å². The zero-order valence-electron chi connectivity index (χ0n) is 12.8. The zero-order chi connectivity index (χ0) is 14.5. The summed E-state index contributed by atoms with van der Waals surface area (Å²) in [5.41, 5.74) is 5.38. The molecule has 2 rings (SSSR count). The van der Waals surface area contributed by atoms with E-state index in [1.807, 2.05) is 11.8 Å². The molecule has 2 heteroatoms. The van der Waals surface area contributed by atoms with Crippen LogP contribution >= 0.6 is 11.8 Å². The third-order valence-corrected chi connectivity index (χ3v) is 4.72. The van der Waals surface area contributed by atoms with Crippen molar-refractivity contribution in [2.45, 2.75) is 44.0 Å². The largest absolute Gasteiger partial charge is 0.313 e. The molecule has 0 fully saturated rings. The van der Waals surface area contributed by atoms with Gasteiger partial charge in [-0.05, 0) is 56.1 Å². The molecule has 0 unspecified atom stereocenters. The summed E-state index contributed by atoms with van der Waals surface area (Å²) in [6.45, 7) is 10.6. The Bertz CT molecular complexity index is 590. The van der Waals surface area contributed by atoms with Gasteiger partial charge < -0.3 is 5.32 Å². The quantitative estimate of drug-likeness (QED) is 0.841. The van der Waals surface area contributed by atoms with Gasteiger partial charge in [0.15, 0.2) is 0 Å². The third kappa shape index (κ3) is 3.87. The Labute approximate surface area is 126 Å². The van der Waals surface area contributed by atoms with Crippen LogP contribution in [0.2, 0.25) is 0 Å². The molecule has 0 atom stereocenters. The average Bonchev–Trinajstić information content (AvgIpc) is 2.42. The first kappa shape index (κ1) is 15.1. The van der Waals surface area contributed by atoms with Crippen molar-refractivity contribution < 1.29 is 0 Å². The van der Waals surface area contributed by atoms with Crippen LogP contribution in [0.1, 0.15) is 29.2 Å². The molecule has 0 aliphatic carbocycles. The van der Waals surface area contributed by atoms with E-state index >= 15 is 0 Å². The molecule has 0 radical (unpaired) electrons. The van der Waals surface area contributed by atoms with Gasteiger partial charge in [0.25, 0.3) is 0 Å². The molecule has 0 bridgehead atoms. The Morgan fingerprint density at radius 3 is 2.15 bits per heavy atom. The molecule has 0 spiro atoms. The van der Waals surface area contributed by atoms with E-state index in [1.54, 1.807) is 0 Å². The fourth-order valence-electron chi connectivity index (χ4n) is 2.24. The molecular formula is C18H23NS. The molecule has 1 nitrogen and oxygen atoms in total. The van der Waals surface area contributed by atoms with E-state index in [1.165, 1.54) is 32.0 Å². The van der Waals surface area contributed by atoms with Crippen molar-refractivity contribution in [1.82, 2.24) is 5.32 Å². The van der Waals surface area contributed by atoms with Crippen molar-refractivity contribution in [2.24, 2.45) is 0 Å². The number of hydrogen-bond donors (Lipinski definition) is 1. The molecule has 2 aromatic rings. The summed E-state index contributed by atoms with van der Waals surface area (Å²) in [6.07, 6.45) is 0. The molecule has 20 heavy (non-hydrogen) atoms. The molecule has 0 saturated heterocycles. The SMILES string of the molecule is CCNCc1ccc(Sc2ccc(C)cc2C)c(C)c1. The third-order valence-electron chi connectivity index (χ3n) is 3.37. The lowest BCUT2D eigenvalue weighted by Gasteiger charge is -2.11. The second-order valence-electron chi connectivity index (χ2n) is 5.25. The topological polar surface area (TPSA) is 12.0 Å². The first-order valence-corrected chi connectivity index (χ1v) is 7.97. The highest BCUT2D eigenvalue weighted by Crippen LogP contribution is 2.33. The van der Waals surface area contributed by atoms with Crippen LogP contribution in [0, 0.1) is 20.8 Å². The lowest BCUT2D eigenvalue weighted by molar-refractivity contribution is 0.726. The summed E-state index contributed by atoms with van der Waals surface area (Å²) < 4.78 is 0. The lowest BCUT2D eigenvalue weighted by atomic mass is 10.1. The average molecular weight is 285 g/mol. The van der Waals surface area contributed by atoms with Crippen LogP contribution in [0.3, 0.4) is 0 Å². The van der Waals surface area contributed by atoms with Crippen LogP contribution < -0.4 is 5.32 Å². The van der Waals surface area contributed by atoms with Crippen molar-refractivity contribution in [3.63, 3.8) is 0 Å². The number of nitrogens with one attached hydrogen (secondary N) is 1. The summed E-state index contributed by atoms with van der Waals surface area (Å²) in [4.78, 5) is 2.69. The van der Waals surface area contributed by atoms with Gasteiger partial charge in [-0.3, -0.25) is 0 Å². The molecule has 0 aliphatic rings. The smallest absolute Gasteiger partial charge is 0.0205 e. The Kier molecular flexibility index (Phi) is 5.27. The summed E-state index contributed by atoms with van der Waals surface area (Å²) in [6, 6.07) is 13.4. The molecular weight excluding hydrogens is 262 g/mol. The van der Waals surface area contributed by atoms with Gasteiger partial charge in [0.05, 0.1) is 0 Å². The van der Waals surface area contributed by atoms with Crippen LogP contribution in [0.4, 0.5) is 0 Å². The van der Waals surface area contributed by atoms with Crippen LogP contribution in [-0.2, 0) is 6.54 Å². The maximum Gasteiger partial charge on any atom is 0.0205 e. The maximum absolute atomic E-state index is 3.37. The van der Waals surface area contributed by atoms with Gasteiger partial charge in [-0.2, -0.15) is 0 Å². The maximum atomic E-state index is 3.37. The van der Waals surface area contributed by atoms with Crippen molar-refractivity contribution in [3.8, 4) is 0 Å². The van der Waals surface area contributed by atoms with Crippen molar-refractivity contribution in [1.29, 1.82) is 0 Å². The van der Waals surface area contributed by atoms with Gasteiger partial charge in [0.2, 0.25) is 0 Å². The van der Waals surface area contributed by atoms with Crippen molar-refractivity contribution >= 4 is 11.8 Å². The summed E-state index contributed by atoms with van der Waals surface area (Å²) in [7, 11) is 0. The molecule has 0 amide bonds. The predicted octanol–water partition coefficient (Wildman–Crippen LogP) is 4.87. The highest BCUT2D eigenvalue weighted by molar-refractivity contribution is 7.99. The van der Waals surface area contributed by atoms with Gasteiger partial charge >= 0.3 is 0 Å². The van der Waals surface area contributed by atoms with Gasteiger partial charge in [-0.1, -0.05) is 48.5 Å². The van der Waals surface area contributed by atoms with Crippen LogP contribution in [0.25, 0.3) is 0 Å². The van der Waals surface area contributed by atoms with E-state index in [0.717, 1.165) is 13.1 Å². The predicted molar refractivity (Wildman–Crippen MR) is 88.6 cm³/mol. The molecule has 0 aliphatic heterocycles. The summed E-state index contributed by atoms with van der Waals surface area (Å²) in [5.74, 6) is 0. The second kappa shape index (κ2) is 6.96. The minimum absolute atomic E-state index is 0.950. The monoisotopic (exact) mass is 285 g/mol. The molecule has 0 aromatic heterocycles. The van der Waals surface area contributed by atoms with Crippen LogP contribution in [0.5, 0.6) is 0 Å². The van der Waals surface area contributed by atoms with Gasteiger partial charge in [0, 0.05) is 16.3 Å². The van der Waals surface area contributed by atoms with Crippen LogP contribution in [0.15, 0.2) is 46.2 Å². The first-order chi connectivity index (χ1) is 9.60. The first-order valence-electron chi connectivity index (χ1n) is 7.15. The molecule has 0 saturated carbocycles. The van der Waals surface area contributed by atoms with Gasteiger partial charge in [0.1, 0.15) is 0 Å². The highest BCUT2D eigenvalue weighted by atomic mass is 32.2. The number of benzene rings is 2. The van der Waals surface area contributed by atoms with E-state index < -0.39 is 0 Å². The van der Waals surface area contributed by atoms with Crippen molar-refractivity contribution in [2.75, 3.05) is 6.54 Å². The van der Waals surface area contributed by atoms with E-state index in [4.69, 9.17) is 0 Å². The Balaban J connectivity index is 2.17. The minimum Gasteiger partial charge on any atom is -0.313 e. The Morgan fingerprint density at radius 1 is 0.900 bits per heavy atom. The minimum atomic E-state index is 0.950. The Hall–Kier alpha value is -1.25. The Morgan fingerprint density at radius 2 is 1.55 bits per heavy atom. The van der Waals surface area contributed by atoms with E-state index in [-0.39, 0.29) is 0 Å².